The van der Waals surface area contributed by atoms with Crippen molar-refractivity contribution in [1.82, 2.24) is 20.1 Å². The zero-order valence-electron chi connectivity index (χ0n) is 15.0. The van der Waals surface area contributed by atoms with Crippen molar-refractivity contribution in [3.8, 4) is 10.8 Å². The first-order valence-electron chi connectivity index (χ1n) is 8.92. The van der Waals surface area contributed by atoms with Crippen LogP contribution in [0.15, 0.2) is 63.3 Å². The summed E-state index contributed by atoms with van der Waals surface area (Å²) in [5.41, 5.74) is 2.04. The van der Waals surface area contributed by atoms with Crippen LogP contribution in [-0.4, -0.2) is 27.2 Å². The Bertz CT molecular complexity index is 1140. The van der Waals surface area contributed by atoms with Crippen molar-refractivity contribution < 1.29 is 9.21 Å². The van der Waals surface area contributed by atoms with Gasteiger partial charge in [0.05, 0.1) is 16.9 Å². The zero-order valence-corrected chi connectivity index (χ0v) is 15.8. The third-order valence-electron chi connectivity index (χ3n) is 4.32. The lowest BCUT2D eigenvalue weighted by Crippen LogP contribution is -2.28. The minimum Gasteiger partial charge on any atom is -0.387 e. The standard InChI is InChI=1S/C20H18N4O3S/c25-17(9-12-24-20(26)27-19(23-24)16-7-3-13-28-16)21-11-8-15-5-1-4-14-6-2-10-22-18(14)15/h1-7,10,13H,8-9,11-12H2,(H,21,25). The second-order valence-electron chi connectivity index (χ2n) is 6.22. The number of pyridine rings is 1. The van der Waals surface area contributed by atoms with E-state index in [0.717, 1.165) is 21.3 Å². The molecule has 0 radical (unpaired) electrons. The molecule has 1 N–H and O–H groups in total. The van der Waals surface area contributed by atoms with E-state index in [-0.39, 0.29) is 24.8 Å². The van der Waals surface area contributed by atoms with E-state index in [9.17, 15) is 9.59 Å². The molecule has 0 aliphatic carbocycles. The Balaban J connectivity index is 1.30. The number of carbonyl (C=O) groups is 1. The summed E-state index contributed by atoms with van der Waals surface area (Å²) in [6.45, 7) is 0.679. The van der Waals surface area contributed by atoms with Gasteiger partial charge in [0.15, 0.2) is 0 Å². The second kappa shape index (κ2) is 8.18. The molecule has 142 valence electrons. The predicted octanol–water partition coefficient (Wildman–Crippen LogP) is 2.86. The lowest BCUT2D eigenvalue weighted by molar-refractivity contribution is -0.121. The number of carbonyl (C=O) groups excluding carboxylic acids is 1. The SMILES string of the molecule is O=C(CCn1nc(-c2cccs2)oc1=O)NCCc1cccc2cccnc12. The quantitative estimate of drug-likeness (QED) is 0.521. The Kier molecular flexibility index (Phi) is 5.29. The first-order valence-corrected chi connectivity index (χ1v) is 9.80. The second-order valence-corrected chi connectivity index (χ2v) is 7.16. The largest absolute Gasteiger partial charge is 0.437 e. The maximum absolute atomic E-state index is 12.1. The van der Waals surface area contributed by atoms with Crippen LogP contribution in [0.5, 0.6) is 0 Å². The van der Waals surface area contributed by atoms with Crippen LogP contribution in [0.1, 0.15) is 12.0 Å². The molecular weight excluding hydrogens is 376 g/mol. The number of aryl methyl sites for hydroxylation is 1. The Labute approximate surface area is 164 Å². The fraction of sp³-hybridized carbons (Fsp3) is 0.200. The summed E-state index contributed by atoms with van der Waals surface area (Å²) < 4.78 is 6.32. The van der Waals surface area contributed by atoms with E-state index in [1.807, 2.05) is 47.8 Å². The van der Waals surface area contributed by atoms with Gasteiger partial charge in [-0.15, -0.1) is 16.4 Å². The van der Waals surface area contributed by atoms with Gasteiger partial charge in [-0.1, -0.05) is 30.3 Å². The Morgan fingerprint density at radius 1 is 1.18 bits per heavy atom. The summed E-state index contributed by atoms with van der Waals surface area (Å²) in [6, 6.07) is 13.6. The molecule has 4 aromatic rings. The average Bonchev–Trinajstić information content (AvgIpc) is 3.36. The van der Waals surface area contributed by atoms with Gasteiger partial charge >= 0.3 is 5.76 Å². The van der Waals surface area contributed by atoms with Gasteiger partial charge in [0.1, 0.15) is 0 Å². The smallest absolute Gasteiger partial charge is 0.387 e. The van der Waals surface area contributed by atoms with Gasteiger partial charge in [-0.25, -0.2) is 4.79 Å². The van der Waals surface area contributed by atoms with E-state index in [4.69, 9.17) is 4.42 Å². The van der Waals surface area contributed by atoms with Crippen LogP contribution in [0.4, 0.5) is 0 Å². The molecule has 0 bridgehead atoms. The third kappa shape index (κ3) is 4.01. The zero-order chi connectivity index (χ0) is 19.3. The number of aromatic nitrogens is 3. The summed E-state index contributed by atoms with van der Waals surface area (Å²) in [6.07, 6.45) is 2.61. The van der Waals surface area contributed by atoms with Crippen LogP contribution >= 0.6 is 11.3 Å². The summed E-state index contributed by atoms with van der Waals surface area (Å²) >= 11 is 1.44. The van der Waals surface area contributed by atoms with Gasteiger partial charge in [-0.05, 0) is 29.5 Å². The number of fused-ring (bicyclic) bond motifs is 1. The van der Waals surface area contributed by atoms with Gasteiger partial charge in [-0.3, -0.25) is 9.78 Å². The molecule has 1 amide bonds. The van der Waals surface area contributed by atoms with E-state index in [0.29, 0.717) is 13.0 Å². The highest BCUT2D eigenvalue weighted by Gasteiger charge is 2.12. The van der Waals surface area contributed by atoms with Crippen LogP contribution in [0, 0.1) is 0 Å². The van der Waals surface area contributed by atoms with Crippen molar-refractivity contribution in [3.05, 3.63) is 70.2 Å². The first-order chi connectivity index (χ1) is 13.7. The minimum absolute atomic E-state index is 0.138. The van der Waals surface area contributed by atoms with Crippen LogP contribution in [0.2, 0.25) is 0 Å². The van der Waals surface area contributed by atoms with Crippen LogP contribution < -0.4 is 11.1 Å². The molecule has 0 saturated carbocycles. The van der Waals surface area contributed by atoms with Crippen LogP contribution in [0.25, 0.3) is 21.7 Å². The fourth-order valence-corrected chi connectivity index (χ4v) is 3.59. The monoisotopic (exact) mass is 394 g/mol. The van der Waals surface area contributed by atoms with Crippen molar-refractivity contribution >= 4 is 28.1 Å². The highest BCUT2D eigenvalue weighted by molar-refractivity contribution is 7.13. The molecule has 0 saturated heterocycles. The van der Waals surface area contributed by atoms with Crippen LogP contribution in [0.3, 0.4) is 0 Å². The van der Waals surface area contributed by atoms with Crippen molar-refractivity contribution in [2.45, 2.75) is 19.4 Å². The number of nitrogens with one attached hydrogen (secondary N) is 1. The van der Waals surface area contributed by atoms with Crippen LogP contribution in [-0.2, 0) is 17.8 Å². The number of nitrogens with zero attached hydrogens (tertiary/aromatic N) is 3. The van der Waals surface area contributed by atoms with E-state index in [1.165, 1.54) is 16.0 Å². The normalized spacial score (nSPS) is 11.0. The Hall–Kier alpha value is -3.26. The van der Waals surface area contributed by atoms with Crippen molar-refractivity contribution in [2.24, 2.45) is 0 Å². The first kappa shape index (κ1) is 18.1. The summed E-state index contributed by atoms with van der Waals surface area (Å²) in [4.78, 5) is 29.2. The highest BCUT2D eigenvalue weighted by atomic mass is 32.1. The Morgan fingerprint density at radius 3 is 2.93 bits per heavy atom. The molecular formula is C20H18N4O3S. The molecule has 1 aromatic carbocycles. The molecule has 7 nitrogen and oxygen atoms in total. The molecule has 0 unspecified atom stereocenters. The lowest BCUT2D eigenvalue weighted by atomic mass is 10.1. The van der Waals surface area contributed by atoms with E-state index >= 15 is 0 Å². The number of rotatable bonds is 7. The molecule has 3 heterocycles. The van der Waals surface area contributed by atoms with Crippen molar-refractivity contribution in [1.29, 1.82) is 0 Å². The third-order valence-corrected chi connectivity index (χ3v) is 5.18. The fourth-order valence-electron chi connectivity index (χ4n) is 2.95. The average molecular weight is 394 g/mol. The van der Waals surface area contributed by atoms with Gasteiger partial charge < -0.3 is 9.73 Å². The Morgan fingerprint density at radius 2 is 2.07 bits per heavy atom. The number of hydrogen-bond donors (Lipinski definition) is 1. The predicted molar refractivity (Wildman–Crippen MR) is 107 cm³/mol. The van der Waals surface area contributed by atoms with Crippen molar-refractivity contribution in [3.63, 3.8) is 0 Å². The maximum atomic E-state index is 12.1. The number of amides is 1. The number of para-hydroxylation sites is 1. The van der Waals surface area contributed by atoms with Crippen molar-refractivity contribution in [2.75, 3.05) is 6.54 Å². The number of hydrogen-bond acceptors (Lipinski definition) is 6. The minimum atomic E-state index is -0.557. The van der Waals surface area contributed by atoms with E-state index in [1.54, 1.807) is 6.20 Å². The summed E-state index contributed by atoms with van der Waals surface area (Å²) in [5.74, 6) is -0.414. The molecule has 0 fully saturated rings. The van der Waals surface area contributed by atoms with Gasteiger partial charge in [0.2, 0.25) is 5.91 Å². The number of benzene rings is 1. The lowest BCUT2D eigenvalue weighted by Gasteiger charge is -2.07. The molecule has 0 aliphatic heterocycles. The molecule has 3 aromatic heterocycles. The molecule has 28 heavy (non-hydrogen) atoms. The van der Waals surface area contributed by atoms with Gasteiger partial charge in [0, 0.05) is 24.5 Å². The summed E-state index contributed by atoms with van der Waals surface area (Å²) in [5, 5.41) is 9.99. The molecule has 8 heteroatoms. The molecule has 4 rings (SSSR count). The van der Waals surface area contributed by atoms with E-state index in [2.05, 4.69) is 15.4 Å². The topological polar surface area (TPSA) is 90.0 Å². The van der Waals surface area contributed by atoms with Gasteiger partial charge in [0.25, 0.3) is 5.89 Å². The molecule has 0 atom stereocenters. The highest BCUT2D eigenvalue weighted by Crippen LogP contribution is 2.21. The van der Waals surface area contributed by atoms with E-state index < -0.39 is 5.76 Å². The molecule has 0 spiro atoms. The molecule has 0 aliphatic rings. The number of thiophene rings is 1. The maximum Gasteiger partial charge on any atom is 0.437 e. The summed E-state index contributed by atoms with van der Waals surface area (Å²) in [7, 11) is 0. The van der Waals surface area contributed by atoms with Gasteiger partial charge in [-0.2, -0.15) is 4.68 Å².